The van der Waals surface area contributed by atoms with E-state index in [-0.39, 0.29) is 20.1 Å². The van der Waals surface area contributed by atoms with Gasteiger partial charge in [-0.2, -0.15) is 11.3 Å². The Morgan fingerprint density at radius 3 is 2.18 bits per heavy atom. The van der Waals surface area contributed by atoms with Crippen molar-refractivity contribution in [2.75, 3.05) is 0 Å². The molecule has 0 saturated carbocycles. The fourth-order valence-corrected chi connectivity index (χ4v) is 8.27. The topological polar surface area (TPSA) is 25.8 Å². The number of fused-ring (bicyclic) bond motifs is 3. The Kier molecular flexibility index (Phi) is 9.29. The third-order valence-electron chi connectivity index (χ3n) is 6.62. The molecule has 3 aromatic carbocycles. The van der Waals surface area contributed by atoms with Crippen molar-refractivity contribution in [2.24, 2.45) is 0 Å². The number of benzene rings is 3. The van der Waals surface area contributed by atoms with Gasteiger partial charge in [-0.05, 0) is 44.7 Å². The van der Waals surface area contributed by atoms with Crippen molar-refractivity contribution in [1.82, 2.24) is 9.97 Å². The molecule has 0 amide bonds. The summed E-state index contributed by atoms with van der Waals surface area (Å²) in [5, 5.41) is 4.24. The van der Waals surface area contributed by atoms with E-state index in [1.165, 1.54) is 25.7 Å². The van der Waals surface area contributed by atoms with Crippen LogP contribution in [0, 0.1) is 12.1 Å². The number of nitrogens with zero attached hydrogens (tertiary/aromatic N) is 2. The fraction of sp³-hybridized carbons (Fsp3) is 0.176. The molecule has 199 valence electrons. The van der Waals surface area contributed by atoms with Gasteiger partial charge in [-0.3, -0.25) is 0 Å². The van der Waals surface area contributed by atoms with Crippen molar-refractivity contribution in [3.05, 3.63) is 115 Å². The first-order valence-corrected chi connectivity index (χ1v) is 17.4. The van der Waals surface area contributed by atoms with Crippen LogP contribution in [0.25, 0.3) is 42.7 Å². The van der Waals surface area contributed by atoms with Crippen molar-refractivity contribution in [1.29, 1.82) is 0 Å². The zero-order valence-electron chi connectivity index (χ0n) is 23.0. The van der Waals surface area contributed by atoms with E-state index in [0.29, 0.717) is 5.92 Å². The predicted octanol–water partition coefficient (Wildman–Crippen LogP) is 9.13. The second-order valence-electron chi connectivity index (χ2n) is 10.8. The second kappa shape index (κ2) is 12.5. The normalized spacial score (nSPS) is 11.2. The molecule has 0 N–H and O–H groups in total. The molecule has 0 fully saturated rings. The van der Waals surface area contributed by atoms with E-state index in [4.69, 9.17) is 0 Å². The van der Waals surface area contributed by atoms with Gasteiger partial charge in [-0.1, -0.05) is 80.8 Å². The second-order valence-corrected chi connectivity index (χ2v) is 16.8. The quantitative estimate of drug-likeness (QED) is 0.134. The van der Waals surface area contributed by atoms with Crippen molar-refractivity contribution < 1.29 is 20.1 Å². The fourth-order valence-electron chi connectivity index (χ4n) is 4.56. The van der Waals surface area contributed by atoms with Crippen LogP contribution >= 0.6 is 11.3 Å². The zero-order valence-corrected chi connectivity index (χ0v) is 27.2. The molecule has 39 heavy (non-hydrogen) atoms. The molecule has 6 rings (SSSR count). The van der Waals surface area contributed by atoms with E-state index in [1.54, 1.807) is 5.19 Å². The van der Waals surface area contributed by atoms with Gasteiger partial charge in [0.1, 0.15) is 0 Å². The zero-order chi connectivity index (χ0) is 26.7. The van der Waals surface area contributed by atoms with Crippen LogP contribution in [-0.2, 0) is 20.1 Å². The van der Waals surface area contributed by atoms with Gasteiger partial charge in [0.25, 0.3) is 0 Å². The first kappa shape index (κ1) is 29.0. The molecule has 1 radical (unpaired) electrons. The standard InChI is InChI=1S/C20H18NSSi.C14H14N.Ir/c1-23(2,3)18-12-7-9-15-14-8-6-10-16(19(14)22-20(15)18)17-11-4-5-13-21-17;1-11(2)13-8-9-15-14(10-13)12-6-4-3-5-7-12;/h4-9,11-13H,1-3H3;3-6,8-11H,1-2H3;/q2*-1;. The van der Waals surface area contributed by atoms with Crippen LogP contribution in [0.15, 0.2) is 97.3 Å². The van der Waals surface area contributed by atoms with Gasteiger partial charge in [0.05, 0.1) is 8.07 Å². The minimum absolute atomic E-state index is 0. The Balaban J connectivity index is 0.000000192. The van der Waals surface area contributed by atoms with Crippen LogP contribution < -0.4 is 5.19 Å². The first-order valence-electron chi connectivity index (χ1n) is 13.0. The summed E-state index contributed by atoms with van der Waals surface area (Å²) in [5.74, 6) is 0.537. The third-order valence-corrected chi connectivity index (χ3v) is 10.1. The summed E-state index contributed by atoms with van der Waals surface area (Å²) in [6.45, 7) is 11.6. The molecular weight excluding hydrogens is 689 g/mol. The van der Waals surface area contributed by atoms with E-state index < -0.39 is 8.07 Å². The van der Waals surface area contributed by atoms with Crippen molar-refractivity contribution in [2.45, 2.75) is 39.4 Å². The van der Waals surface area contributed by atoms with Crippen molar-refractivity contribution in [3.63, 3.8) is 0 Å². The Labute approximate surface area is 250 Å². The van der Waals surface area contributed by atoms with Crippen LogP contribution in [-0.4, -0.2) is 18.0 Å². The van der Waals surface area contributed by atoms with Crippen LogP contribution in [0.3, 0.4) is 0 Å². The minimum Gasteiger partial charge on any atom is -0.305 e. The molecule has 0 saturated heterocycles. The molecule has 0 aliphatic rings. The maximum absolute atomic E-state index is 4.52. The van der Waals surface area contributed by atoms with Gasteiger partial charge in [0.2, 0.25) is 0 Å². The molecule has 0 bridgehead atoms. The molecule has 0 spiro atoms. The molecule has 3 aromatic heterocycles. The van der Waals surface area contributed by atoms with Crippen molar-refractivity contribution >= 4 is 44.8 Å². The molecule has 5 heteroatoms. The molecule has 2 nitrogen and oxygen atoms in total. The van der Waals surface area contributed by atoms with E-state index in [9.17, 15) is 0 Å². The monoisotopic (exact) mass is 721 g/mol. The van der Waals surface area contributed by atoms with Gasteiger partial charge >= 0.3 is 0 Å². The van der Waals surface area contributed by atoms with Gasteiger partial charge in [-0.25, -0.2) is 0 Å². The Bertz CT molecular complexity index is 1670. The average molecular weight is 721 g/mol. The van der Waals surface area contributed by atoms with Gasteiger partial charge in [0, 0.05) is 37.2 Å². The summed E-state index contributed by atoms with van der Waals surface area (Å²) in [7, 11) is -1.37. The van der Waals surface area contributed by atoms with E-state index in [1.807, 2.05) is 66.2 Å². The summed E-state index contributed by atoms with van der Waals surface area (Å²) in [6, 6.07) is 35.8. The first-order chi connectivity index (χ1) is 18.3. The summed E-state index contributed by atoms with van der Waals surface area (Å²) in [6.07, 6.45) is 3.72. The summed E-state index contributed by atoms with van der Waals surface area (Å²) in [4.78, 5) is 8.89. The van der Waals surface area contributed by atoms with Gasteiger partial charge in [-0.15, -0.1) is 59.7 Å². The van der Waals surface area contributed by atoms with Crippen LogP contribution in [0.2, 0.25) is 19.6 Å². The number of aromatic nitrogens is 2. The molecule has 0 unspecified atom stereocenters. The molecule has 0 aliphatic heterocycles. The molecule has 0 atom stereocenters. The smallest absolute Gasteiger partial charge is 0.0794 e. The summed E-state index contributed by atoms with van der Waals surface area (Å²) >= 11 is 1.90. The third kappa shape index (κ3) is 6.45. The predicted molar refractivity (Wildman–Crippen MR) is 167 cm³/mol. The Morgan fingerprint density at radius 2 is 1.49 bits per heavy atom. The number of hydrogen-bond acceptors (Lipinski definition) is 3. The molecule has 6 aromatic rings. The van der Waals surface area contributed by atoms with Crippen LogP contribution in [0.4, 0.5) is 0 Å². The largest absolute Gasteiger partial charge is 0.305 e. The average Bonchev–Trinajstić information content (AvgIpc) is 3.33. The maximum Gasteiger partial charge on any atom is 0.0794 e. The van der Waals surface area contributed by atoms with Crippen LogP contribution in [0.1, 0.15) is 25.3 Å². The van der Waals surface area contributed by atoms with Crippen LogP contribution in [0.5, 0.6) is 0 Å². The maximum atomic E-state index is 4.52. The van der Waals surface area contributed by atoms with E-state index >= 15 is 0 Å². The Morgan fingerprint density at radius 1 is 0.718 bits per heavy atom. The number of thiophene rings is 1. The molecule has 0 aliphatic carbocycles. The Hall–Kier alpha value is -2.95. The van der Waals surface area contributed by atoms with Gasteiger partial charge < -0.3 is 9.97 Å². The molecular formula is C34H32IrN2SSi-2. The van der Waals surface area contributed by atoms with E-state index in [0.717, 1.165) is 22.5 Å². The SMILES string of the molecule is CC(C)c1ccnc(-c2[c-]cccc2)c1.C[Si](C)(C)c1cccc2c1sc1c(-c3ccccn3)[c-]ccc12.[Ir]. The summed E-state index contributed by atoms with van der Waals surface area (Å²) in [5.41, 5.74) is 5.49. The number of pyridine rings is 2. The van der Waals surface area contributed by atoms with Gasteiger partial charge in [0.15, 0.2) is 0 Å². The van der Waals surface area contributed by atoms with E-state index in [2.05, 4.69) is 98.1 Å². The summed E-state index contributed by atoms with van der Waals surface area (Å²) < 4.78 is 2.74. The minimum atomic E-state index is -1.37. The number of rotatable bonds is 4. The number of hydrogen-bond donors (Lipinski definition) is 0. The molecule has 3 heterocycles. The van der Waals surface area contributed by atoms with Crippen molar-refractivity contribution in [3.8, 4) is 22.5 Å².